The minimum absolute atomic E-state index is 0.774. The molecule has 0 saturated heterocycles. The molecule has 0 atom stereocenters. The molecule has 0 aliphatic heterocycles. The number of benzene rings is 2. The van der Waals surface area contributed by atoms with Crippen molar-refractivity contribution in [3.63, 3.8) is 0 Å². The quantitative estimate of drug-likeness (QED) is 0.587. The number of thioether (sulfide) groups is 1. The average molecular weight is 353 g/mol. The maximum atomic E-state index is 5.21. The summed E-state index contributed by atoms with van der Waals surface area (Å²) in [5.74, 6) is 2.78. The molecule has 0 amide bonds. The third kappa shape index (κ3) is 4.42. The monoisotopic (exact) mass is 353 g/mol. The van der Waals surface area contributed by atoms with Crippen LogP contribution in [0.25, 0.3) is 0 Å². The van der Waals surface area contributed by atoms with Crippen LogP contribution in [0.4, 0.5) is 0 Å². The van der Waals surface area contributed by atoms with Crippen LogP contribution in [0.2, 0.25) is 0 Å². The minimum atomic E-state index is 0.774. The van der Waals surface area contributed by atoms with E-state index in [9.17, 15) is 0 Å². The van der Waals surface area contributed by atoms with E-state index in [1.807, 2.05) is 12.1 Å². The average Bonchev–Trinajstić information content (AvgIpc) is 3.02. The molecule has 0 radical (unpaired) electrons. The Labute approximate surface area is 153 Å². The molecule has 5 heteroatoms. The summed E-state index contributed by atoms with van der Waals surface area (Å²) in [4.78, 5) is 0. The molecule has 2 aromatic carbocycles. The van der Waals surface area contributed by atoms with E-state index >= 15 is 0 Å². The lowest BCUT2D eigenvalue weighted by molar-refractivity contribution is 0.414. The summed E-state index contributed by atoms with van der Waals surface area (Å²) in [5.41, 5.74) is 3.81. The van der Waals surface area contributed by atoms with Gasteiger partial charge in [-0.25, -0.2) is 0 Å². The molecule has 0 aliphatic rings. The molecular weight excluding hydrogens is 330 g/mol. The fourth-order valence-corrected chi connectivity index (χ4v) is 3.71. The molecule has 1 heterocycles. The van der Waals surface area contributed by atoms with Gasteiger partial charge in [0.05, 0.1) is 7.11 Å². The minimum Gasteiger partial charge on any atom is -0.497 e. The normalized spacial score (nSPS) is 10.8. The van der Waals surface area contributed by atoms with Gasteiger partial charge in [-0.3, -0.25) is 0 Å². The molecule has 0 aliphatic carbocycles. The highest BCUT2D eigenvalue weighted by Crippen LogP contribution is 2.23. The zero-order chi connectivity index (χ0) is 17.6. The molecular formula is C20H23N3OS. The van der Waals surface area contributed by atoms with Gasteiger partial charge in [0.2, 0.25) is 0 Å². The molecule has 0 bridgehead atoms. The lowest BCUT2D eigenvalue weighted by atomic mass is 10.1. The molecule has 0 spiro atoms. The molecule has 25 heavy (non-hydrogen) atoms. The van der Waals surface area contributed by atoms with E-state index in [1.165, 1.54) is 16.7 Å². The Morgan fingerprint density at radius 2 is 1.84 bits per heavy atom. The van der Waals surface area contributed by atoms with Gasteiger partial charge in [-0.05, 0) is 37.1 Å². The Morgan fingerprint density at radius 3 is 2.52 bits per heavy atom. The largest absolute Gasteiger partial charge is 0.497 e. The van der Waals surface area contributed by atoms with Gasteiger partial charge in [0.1, 0.15) is 11.6 Å². The van der Waals surface area contributed by atoms with Crippen LogP contribution >= 0.6 is 11.8 Å². The van der Waals surface area contributed by atoms with Gasteiger partial charge in [0, 0.05) is 18.7 Å². The Kier molecular flexibility index (Phi) is 5.76. The SMILES string of the molecule is CCn1c(Cc2ccc(OC)cc2)nnc1SCc1cccc(C)c1. The van der Waals surface area contributed by atoms with Crippen LogP contribution in [-0.2, 0) is 18.7 Å². The third-order valence-corrected chi connectivity index (χ3v) is 5.12. The van der Waals surface area contributed by atoms with E-state index in [-0.39, 0.29) is 0 Å². The summed E-state index contributed by atoms with van der Waals surface area (Å²) < 4.78 is 7.41. The van der Waals surface area contributed by atoms with Crippen LogP contribution < -0.4 is 4.74 Å². The van der Waals surface area contributed by atoms with Crippen molar-refractivity contribution in [3.05, 3.63) is 71.0 Å². The Hall–Kier alpha value is -2.27. The van der Waals surface area contributed by atoms with Gasteiger partial charge in [0.15, 0.2) is 5.16 Å². The summed E-state index contributed by atoms with van der Waals surface area (Å²) in [7, 11) is 1.68. The summed E-state index contributed by atoms with van der Waals surface area (Å²) >= 11 is 1.74. The smallest absolute Gasteiger partial charge is 0.191 e. The fourth-order valence-electron chi connectivity index (χ4n) is 2.75. The van der Waals surface area contributed by atoms with E-state index in [0.717, 1.165) is 35.4 Å². The highest BCUT2D eigenvalue weighted by atomic mass is 32.2. The first kappa shape index (κ1) is 17.5. The van der Waals surface area contributed by atoms with Crippen molar-refractivity contribution in [2.24, 2.45) is 0 Å². The summed E-state index contributed by atoms with van der Waals surface area (Å²) in [6.07, 6.45) is 0.774. The second-order valence-corrected chi connectivity index (χ2v) is 6.89. The first-order chi connectivity index (χ1) is 12.2. The van der Waals surface area contributed by atoms with Crippen molar-refractivity contribution in [1.29, 1.82) is 0 Å². The van der Waals surface area contributed by atoms with Gasteiger partial charge in [-0.15, -0.1) is 10.2 Å². The number of ether oxygens (including phenoxy) is 1. The van der Waals surface area contributed by atoms with Crippen LogP contribution in [0, 0.1) is 6.92 Å². The molecule has 3 rings (SSSR count). The van der Waals surface area contributed by atoms with Crippen LogP contribution in [0.1, 0.15) is 29.4 Å². The molecule has 4 nitrogen and oxygen atoms in total. The Morgan fingerprint density at radius 1 is 1.04 bits per heavy atom. The molecule has 0 fully saturated rings. The molecule has 0 unspecified atom stereocenters. The van der Waals surface area contributed by atoms with E-state index < -0.39 is 0 Å². The number of rotatable bonds is 7. The van der Waals surface area contributed by atoms with E-state index in [4.69, 9.17) is 4.74 Å². The maximum absolute atomic E-state index is 5.21. The van der Waals surface area contributed by atoms with Gasteiger partial charge >= 0.3 is 0 Å². The Bertz CT molecular complexity index is 827. The van der Waals surface area contributed by atoms with E-state index in [1.54, 1.807) is 18.9 Å². The molecule has 0 saturated carbocycles. The van der Waals surface area contributed by atoms with Gasteiger partial charge < -0.3 is 9.30 Å². The van der Waals surface area contributed by atoms with Gasteiger partial charge in [-0.2, -0.15) is 0 Å². The topological polar surface area (TPSA) is 39.9 Å². The van der Waals surface area contributed by atoms with Crippen LogP contribution in [0.15, 0.2) is 53.7 Å². The molecule has 0 N–H and O–H groups in total. The number of hydrogen-bond acceptors (Lipinski definition) is 4. The number of hydrogen-bond donors (Lipinski definition) is 0. The highest BCUT2D eigenvalue weighted by molar-refractivity contribution is 7.98. The number of aromatic nitrogens is 3. The first-order valence-electron chi connectivity index (χ1n) is 8.43. The zero-order valence-corrected chi connectivity index (χ0v) is 15.7. The lowest BCUT2D eigenvalue weighted by Gasteiger charge is -2.08. The summed E-state index contributed by atoms with van der Waals surface area (Å²) in [5, 5.41) is 9.80. The standard InChI is InChI=1S/C20H23N3OS/c1-4-23-19(13-16-8-10-18(24-3)11-9-16)21-22-20(23)25-14-17-7-5-6-15(2)12-17/h5-12H,4,13-14H2,1-3H3. The van der Waals surface area contributed by atoms with Crippen molar-refractivity contribution < 1.29 is 4.74 Å². The van der Waals surface area contributed by atoms with E-state index in [2.05, 4.69) is 65.0 Å². The predicted molar refractivity (Wildman–Crippen MR) is 102 cm³/mol. The van der Waals surface area contributed by atoms with Crippen LogP contribution in [0.3, 0.4) is 0 Å². The number of nitrogens with zero attached hydrogens (tertiary/aromatic N) is 3. The summed E-state index contributed by atoms with van der Waals surface area (Å²) in [6, 6.07) is 16.7. The fraction of sp³-hybridized carbons (Fsp3) is 0.300. The highest BCUT2D eigenvalue weighted by Gasteiger charge is 2.12. The van der Waals surface area contributed by atoms with Crippen molar-refractivity contribution in [2.75, 3.05) is 7.11 Å². The summed E-state index contributed by atoms with van der Waals surface area (Å²) in [6.45, 7) is 5.13. The van der Waals surface area contributed by atoms with Crippen LogP contribution in [-0.4, -0.2) is 21.9 Å². The lowest BCUT2D eigenvalue weighted by Crippen LogP contribution is -2.04. The van der Waals surface area contributed by atoms with Crippen LogP contribution in [0.5, 0.6) is 5.75 Å². The van der Waals surface area contributed by atoms with Gasteiger partial charge in [-0.1, -0.05) is 53.7 Å². The van der Waals surface area contributed by atoms with E-state index in [0.29, 0.717) is 0 Å². The predicted octanol–water partition coefficient (Wildman–Crippen LogP) is 4.50. The maximum Gasteiger partial charge on any atom is 0.191 e. The van der Waals surface area contributed by atoms with Crippen molar-refractivity contribution in [2.45, 2.75) is 37.7 Å². The van der Waals surface area contributed by atoms with Gasteiger partial charge in [0.25, 0.3) is 0 Å². The second-order valence-electron chi connectivity index (χ2n) is 5.95. The number of methoxy groups -OCH3 is 1. The van der Waals surface area contributed by atoms with Crippen molar-refractivity contribution >= 4 is 11.8 Å². The first-order valence-corrected chi connectivity index (χ1v) is 9.41. The molecule has 1 aromatic heterocycles. The molecule has 130 valence electrons. The van der Waals surface area contributed by atoms with Crippen molar-refractivity contribution in [3.8, 4) is 5.75 Å². The zero-order valence-electron chi connectivity index (χ0n) is 14.9. The molecule has 3 aromatic rings. The second kappa shape index (κ2) is 8.21. The Balaban J connectivity index is 1.71. The van der Waals surface area contributed by atoms with Crippen molar-refractivity contribution in [1.82, 2.24) is 14.8 Å². The third-order valence-electron chi connectivity index (χ3n) is 4.08. The number of aryl methyl sites for hydroxylation is 1.